The van der Waals surface area contributed by atoms with Crippen LogP contribution in [-0.2, 0) is 16.4 Å². The van der Waals surface area contributed by atoms with E-state index in [2.05, 4.69) is 14.5 Å². The third kappa shape index (κ3) is 2.52. The van der Waals surface area contributed by atoms with Crippen LogP contribution in [0.4, 0.5) is 0 Å². The molecule has 5 nitrogen and oxygen atoms in total. The largest absolute Gasteiger partial charge is 0.331 e. The molecular formula is C11H17N3O2S. The molecule has 2 aliphatic rings. The molecule has 2 heterocycles. The van der Waals surface area contributed by atoms with Crippen LogP contribution in [0.3, 0.4) is 0 Å². The summed E-state index contributed by atoms with van der Waals surface area (Å²) in [5, 5.41) is 0. The summed E-state index contributed by atoms with van der Waals surface area (Å²) in [5.74, 6) is 1.65. The second kappa shape index (κ2) is 4.10. The van der Waals surface area contributed by atoms with Crippen molar-refractivity contribution in [1.29, 1.82) is 0 Å². The van der Waals surface area contributed by atoms with E-state index in [9.17, 15) is 8.42 Å². The molecule has 1 aliphatic heterocycles. The summed E-state index contributed by atoms with van der Waals surface area (Å²) in [6, 6.07) is 0.640. The molecule has 94 valence electrons. The molecular weight excluding hydrogens is 238 g/mol. The van der Waals surface area contributed by atoms with Gasteiger partial charge in [-0.3, -0.25) is 4.90 Å². The van der Waals surface area contributed by atoms with Crippen LogP contribution in [0.2, 0.25) is 0 Å². The van der Waals surface area contributed by atoms with E-state index in [-0.39, 0.29) is 11.5 Å². The topological polar surface area (TPSA) is 55.2 Å². The number of imidazole rings is 1. The lowest BCUT2D eigenvalue weighted by Crippen LogP contribution is -2.40. The molecule has 1 aromatic heterocycles. The van der Waals surface area contributed by atoms with E-state index in [1.54, 1.807) is 0 Å². The zero-order chi connectivity index (χ0) is 11.9. The van der Waals surface area contributed by atoms with Gasteiger partial charge in [0.15, 0.2) is 9.84 Å². The quantitative estimate of drug-likeness (QED) is 0.787. The molecule has 3 rings (SSSR count). The molecule has 1 aromatic rings. The molecule has 0 N–H and O–H groups in total. The van der Waals surface area contributed by atoms with Crippen molar-refractivity contribution in [3.8, 4) is 0 Å². The van der Waals surface area contributed by atoms with Crippen LogP contribution in [0.15, 0.2) is 12.4 Å². The van der Waals surface area contributed by atoms with Crippen molar-refractivity contribution in [2.45, 2.75) is 25.4 Å². The zero-order valence-electron chi connectivity index (χ0n) is 9.75. The molecule has 0 spiro atoms. The summed E-state index contributed by atoms with van der Waals surface area (Å²) in [6.45, 7) is 2.05. The second-order valence-corrected chi connectivity index (χ2v) is 7.21. The smallest absolute Gasteiger partial charge is 0.152 e. The Morgan fingerprint density at radius 3 is 2.65 bits per heavy atom. The molecule has 0 unspecified atom stereocenters. The number of nitrogens with zero attached hydrogens (tertiary/aromatic N) is 3. The Morgan fingerprint density at radius 1 is 1.29 bits per heavy atom. The van der Waals surface area contributed by atoms with Crippen molar-refractivity contribution < 1.29 is 8.42 Å². The van der Waals surface area contributed by atoms with Gasteiger partial charge in [-0.05, 0) is 12.8 Å². The summed E-state index contributed by atoms with van der Waals surface area (Å²) >= 11 is 0. The summed E-state index contributed by atoms with van der Waals surface area (Å²) < 4.78 is 24.9. The number of hydrogen-bond donors (Lipinski definition) is 0. The number of sulfone groups is 1. The Hall–Kier alpha value is -0.880. The zero-order valence-corrected chi connectivity index (χ0v) is 10.6. The monoisotopic (exact) mass is 255 g/mol. The fraction of sp³-hybridized carbons (Fsp3) is 0.727. The van der Waals surface area contributed by atoms with Crippen molar-refractivity contribution in [2.24, 2.45) is 0 Å². The molecule has 0 atom stereocenters. The van der Waals surface area contributed by atoms with Gasteiger partial charge in [0.1, 0.15) is 5.82 Å². The average molecular weight is 255 g/mol. The van der Waals surface area contributed by atoms with Crippen LogP contribution in [0.5, 0.6) is 0 Å². The van der Waals surface area contributed by atoms with E-state index in [4.69, 9.17) is 0 Å². The van der Waals surface area contributed by atoms with Gasteiger partial charge < -0.3 is 4.57 Å². The third-order valence-electron chi connectivity index (χ3n) is 3.49. The first kappa shape index (κ1) is 11.2. The van der Waals surface area contributed by atoms with Gasteiger partial charge in [-0.1, -0.05) is 0 Å². The lowest BCUT2D eigenvalue weighted by molar-refractivity contribution is 0.276. The third-order valence-corrected chi connectivity index (χ3v) is 5.10. The molecule has 2 fully saturated rings. The number of aromatic nitrogens is 2. The second-order valence-electron chi connectivity index (χ2n) is 4.91. The van der Waals surface area contributed by atoms with Gasteiger partial charge in [0.2, 0.25) is 0 Å². The van der Waals surface area contributed by atoms with Crippen molar-refractivity contribution >= 4 is 9.84 Å². The molecule has 1 saturated heterocycles. The van der Waals surface area contributed by atoms with Crippen LogP contribution >= 0.6 is 0 Å². The Kier molecular flexibility index (Phi) is 2.71. The number of hydrogen-bond acceptors (Lipinski definition) is 4. The van der Waals surface area contributed by atoms with Crippen LogP contribution in [0, 0.1) is 0 Å². The minimum absolute atomic E-state index is 0.289. The average Bonchev–Trinajstić information content (AvgIpc) is 3.03. The highest BCUT2D eigenvalue weighted by Crippen LogP contribution is 2.35. The molecule has 1 aliphatic carbocycles. The first-order valence-corrected chi connectivity index (χ1v) is 7.91. The van der Waals surface area contributed by atoms with Gasteiger partial charge in [0.05, 0.1) is 18.1 Å². The van der Waals surface area contributed by atoms with Gasteiger partial charge in [0, 0.05) is 31.5 Å². The van der Waals surface area contributed by atoms with Gasteiger partial charge in [-0.15, -0.1) is 0 Å². The predicted octanol–water partition coefficient (Wildman–Crippen LogP) is 0.448. The molecule has 0 radical (unpaired) electrons. The summed E-state index contributed by atoms with van der Waals surface area (Å²) in [7, 11) is -2.78. The van der Waals surface area contributed by atoms with Gasteiger partial charge in [-0.25, -0.2) is 13.4 Å². The molecule has 0 aromatic carbocycles. The van der Waals surface area contributed by atoms with Gasteiger partial charge in [0.25, 0.3) is 0 Å². The lowest BCUT2D eigenvalue weighted by atomic mass is 10.4. The van der Waals surface area contributed by atoms with Crippen molar-refractivity contribution in [1.82, 2.24) is 14.5 Å². The minimum atomic E-state index is -2.78. The highest BCUT2D eigenvalue weighted by Gasteiger charge is 2.27. The van der Waals surface area contributed by atoms with Gasteiger partial charge in [-0.2, -0.15) is 0 Å². The highest BCUT2D eigenvalue weighted by atomic mass is 32.2. The van der Waals surface area contributed by atoms with Crippen molar-refractivity contribution in [2.75, 3.05) is 24.6 Å². The fourth-order valence-electron chi connectivity index (χ4n) is 2.26. The van der Waals surface area contributed by atoms with E-state index < -0.39 is 9.84 Å². The van der Waals surface area contributed by atoms with Crippen LogP contribution in [-0.4, -0.2) is 47.5 Å². The van der Waals surface area contributed by atoms with Gasteiger partial charge >= 0.3 is 0 Å². The Morgan fingerprint density at radius 2 is 2.00 bits per heavy atom. The Labute approximate surface area is 101 Å². The molecule has 17 heavy (non-hydrogen) atoms. The fourth-order valence-corrected chi connectivity index (χ4v) is 3.54. The van der Waals surface area contributed by atoms with E-state index >= 15 is 0 Å². The van der Waals surface area contributed by atoms with Crippen molar-refractivity contribution in [3.63, 3.8) is 0 Å². The Balaban J connectivity index is 1.65. The molecule has 0 amide bonds. The maximum absolute atomic E-state index is 11.3. The van der Waals surface area contributed by atoms with E-state index in [0.717, 1.165) is 12.4 Å². The summed E-state index contributed by atoms with van der Waals surface area (Å²) in [5.41, 5.74) is 0. The van der Waals surface area contributed by atoms with Crippen LogP contribution < -0.4 is 0 Å². The van der Waals surface area contributed by atoms with Crippen molar-refractivity contribution in [3.05, 3.63) is 18.2 Å². The predicted molar refractivity (Wildman–Crippen MR) is 64.4 cm³/mol. The van der Waals surface area contributed by atoms with E-state index in [1.165, 1.54) is 12.8 Å². The summed E-state index contributed by atoms with van der Waals surface area (Å²) in [4.78, 5) is 6.56. The van der Waals surface area contributed by atoms with E-state index in [1.807, 2.05) is 12.4 Å². The highest BCUT2D eigenvalue weighted by molar-refractivity contribution is 7.91. The minimum Gasteiger partial charge on any atom is -0.331 e. The Bertz CT molecular complexity index is 491. The first-order chi connectivity index (χ1) is 8.14. The number of rotatable bonds is 3. The lowest BCUT2D eigenvalue weighted by Gasteiger charge is -2.26. The molecule has 1 saturated carbocycles. The SMILES string of the molecule is O=S1(=O)CCN(Cc2nccn2C2CC2)CC1. The molecule has 0 bridgehead atoms. The normalized spacial score (nSPS) is 24.9. The van der Waals surface area contributed by atoms with E-state index in [0.29, 0.717) is 19.1 Å². The first-order valence-electron chi connectivity index (χ1n) is 6.08. The standard InChI is InChI=1S/C11H17N3O2S/c15-17(16)7-5-13(6-8-17)9-11-12-3-4-14(11)10-1-2-10/h3-4,10H,1-2,5-9H2. The maximum atomic E-state index is 11.3. The summed E-state index contributed by atoms with van der Waals surface area (Å²) in [6.07, 6.45) is 6.37. The van der Waals surface area contributed by atoms with Crippen LogP contribution in [0.1, 0.15) is 24.7 Å². The van der Waals surface area contributed by atoms with Crippen LogP contribution in [0.25, 0.3) is 0 Å². The maximum Gasteiger partial charge on any atom is 0.152 e. The molecule has 6 heteroatoms.